The molecule has 1 amide bonds. The Balaban J connectivity index is 2.20. The van der Waals surface area contributed by atoms with Crippen molar-refractivity contribution < 1.29 is 23.1 Å². The first-order valence-electron chi connectivity index (χ1n) is 12.2. The molecule has 1 N–H and O–H groups in total. The summed E-state index contributed by atoms with van der Waals surface area (Å²) in [7, 11) is -3.25. The minimum atomic E-state index is -3.25. The molecule has 1 aliphatic rings. The van der Waals surface area contributed by atoms with E-state index in [1.165, 1.54) is 0 Å². The summed E-state index contributed by atoms with van der Waals surface area (Å²) in [6.45, 7) is 5.28. The molecule has 0 aromatic heterocycles. The molecule has 0 unspecified atom stereocenters. The molecular formula is C27H33Cl2NO5S. The number of carbonyl (C=O) groups is 2. The Labute approximate surface area is 223 Å². The van der Waals surface area contributed by atoms with Crippen LogP contribution >= 0.6 is 23.2 Å². The van der Waals surface area contributed by atoms with Crippen molar-refractivity contribution in [3.8, 4) is 0 Å². The molecule has 1 heterocycles. The number of carbonyl (C=O) groups excluding carboxylic acids is 1. The highest BCUT2D eigenvalue weighted by Crippen LogP contribution is 2.53. The number of sulfone groups is 1. The fourth-order valence-corrected chi connectivity index (χ4v) is 6.58. The van der Waals surface area contributed by atoms with Crippen molar-refractivity contribution >= 4 is 44.9 Å². The maximum Gasteiger partial charge on any atom is 0.304 e. The number of halogens is 2. The van der Waals surface area contributed by atoms with Gasteiger partial charge in [0, 0.05) is 27.8 Å². The number of rotatable bonds is 10. The summed E-state index contributed by atoms with van der Waals surface area (Å²) in [5.74, 6) is -1.58. The first-order chi connectivity index (χ1) is 16.9. The topological polar surface area (TPSA) is 91.8 Å². The molecule has 0 spiro atoms. The number of benzene rings is 2. The smallest absolute Gasteiger partial charge is 0.304 e. The van der Waals surface area contributed by atoms with Crippen molar-refractivity contribution in [2.75, 3.05) is 11.5 Å². The number of aliphatic carboxylic acids is 1. The van der Waals surface area contributed by atoms with E-state index in [0.29, 0.717) is 22.9 Å². The molecule has 0 radical (unpaired) electrons. The van der Waals surface area contributed by atoms with E-state index < -0.39 is 33.3 Å². The normalized spacial score (nSPS) is 23.5. The van der Waals surface area contributed by atoms with Crippen molar-refractivity contribution in [1.29, 1.82) is 0 Å². The average molecular weight is 555 g/mol. The third-order valence-electron chi connectivity index (χ3n) is 7.40. The van der Waals surface area contributed by atoms with E-state index in [0.717, 1.165) is 11.1 Å². The van der Waals surface area contributed by atoms with Gasteiger partial charge in [-0.15, -0.1) is 0 Å². The van der Waals surface area contributed by atoms with E-state index in [1.54, 1.807) is 30.0 Å². The number of likely N-dealkylation sites (tertiary alicyclic amines) is 1. The van der Waals surface area contributed by atoms with E-state index >= 15 is 0 Å². The Morgan fingerprint density at radius 2 is 1.78 bits per heavy atom. The van der Waals surface area contributed by atoms with Crippen LogP contribution in [0.15, 0.2) is 48.5 Å². The molecule has 0 bridgehead atoms. The fraction of sp³-hybridized carbons (Fsp3) is 0.481. The van der Waals surface area contributed by atoms with Crippen LogP contribution in [-0.4, -0.2) is 47.8 Å². The summed E-state index contributed by atoms with van der Waals surface area (Å²) < 4.78 is 24.6. The predicted molar refractivity (Wildman–Crippen MR) is 143 cm³/mol. The molecule has 2 aromatic rings. The molecule has 6 nitrogen and oxygen atoms in total. The minimum absolute atomic E-state index is 0.0251. The number of carboxylic acids is 1. The van der Waals surface area contributed by atoms with Crippen LogP contribution < -0.4 is 0 Å². The summed E-state index contributed by atoms with van der Waals surface area (Å²) in [5, 5.41) is 10.9. The van der Waals surface area contributed by atoms with Crippen LogP contribution in [0.3, 0.4) is 0 Å². The quantitative estimate of drug-likeness (QED) is 0.381. The maximum atomic E-state index is 14.2. The second-order valence-electron chi connectivity index (χ2n) is 9.65. The van der Waals surface area contributed by atoms with Gasteiger partial charge in [0.05, 0.1) is 23.6 Å². The molecule has 9 heteroatoms. The Hall–Kier alpha value is -2.09. The van der Waals surface area contributed by atoms with Gasteiger partial charge in [-0.25, -0.2) is 8.42 Å². The van der Waals surface area contributed by atoms with Gasteiger partial charge in [-0.05, 0) is 61.6 Å². The average Bonchev–Trinajstić information content (AvgIpc) is 2.84. The first kappa shape index (κ1) is 28.5. The number of piperidine rings is 1. The van der Waals surface area contributed by atoms with E-state index in [4.69, 9.17) is 23.2 Å². The Kier molecular flexibility index (Phi) is 9.12. The van der Waals surface area contributed by atoms with Crippen LogP contribution in [0.25, 0.3) is 0 Å². The first-order valence-corrected chi connectivity index (χ1v) is 14.8. The van der Waals surface area contributed by atoms with Crippen LogP contribution in [0.4, 0.5) is 0 Å². The number of amides is 1. The largest absolute Gasteiger partial charge is 0.481 e. The lowest BCUT2D eigenvalue weighted by Crippen LogP contribution is -2.56. The number of hydrogen-bond donors (Lipinski definition) is 1. The van der Waals surface area contributed by atoms with Crippen LogP contribution in [0.2, 0.25) is 10.0 Å². The van der Waals surface area contributed by atoms with Crippen molar-refractivity contribution in [2.24, 2.45) is 5.41 Å². The molecule has 0 saturated carbocycles. The molecule has 1 fully saturated rings. The van der Waals surface area contributed by atoms with Gasteiger partial charge in [0.25, 0.3) is 0 Å². The predicted octanol–water partition coefficient (Wildman–Crippen LogP) is 6.14. The van der Waals surface area contributed by atoms with Gasteiger partial charge in [-0.3, -0.25) is 9.59 Å². The van der Waals surface area contributed by atoms with Crippen LogP contribution in [-0.2, 0) is 19.4 Å². The van der Waals surface area contributed by atoms with E-state index in [-0.39, 0.29) is 36.2 Å². The third kappa shape index (κ3) is 6.24. The summed E-state index contributed by atoms with van der Waals surface area (Å²) >= 11 is 12.5. The SMILES string of the molecule is CC[C@]1(CC(=O)O)C[C@H](c2cccc(Cl)c2)[C@@H](c2ccc(Cl)cc2)N([C@@H](C)CCS(=O)(=O)CC)C1=O. The summed E-state index contributed by atoms with van der Waals surface area (Å²) in [5.41, 5.74) is 0.624. The second kappa shape index (κ2) is 11.5. The summed E-state index contributed by atoms with van der Waals surface area (Å²) in [6, 6.07) is 13.8. The molecule has 196 valence electrons. The highest BCUT2D eigenvalue weighted by Gasteiger charge is 2.53. The molecule has 1 aliphatic heterocycles. The lowest BCUT2D eigenvalue weighted by atomic mass is 9.65. The standard InChI is InChI=1S/C27H33Cl2NO5S/c1-4-27(17-24(31)32)16-23(20-7-6-8-22(29)15-20)25(19-9-11-21(28)12-10-19)30(26(27)33)18(3)13-14-36(34,35)5-2/h6-12,15,18,23,25H,4-5,13-14,16-17H2,1-3H3,(H,31,32)/t18-,23+,25+,27+/m0/s1. The van der Waals surface area contributed by atoms with Gasteiger partial charge in [0.2, 0.25) is 5.91 Å². The van der Waals surface area contributed by atoms with E-state index in [2.05, 4.69) is 0 Å². The van der Waals surface area contributed by atoms with Gasteiger partial charge in [-0.1, -0.05) is 61.3 Å². The molecule has 36 heavy (non-hydrogen) atoms. The van der Waals surface area contributed by atoms with Gasteiger partial charge in [0.15, 0.2) is 0 Å². The molecule has 3 rings (SSSR count). The highest BCUT2D eigenvalue weighted by molar-refractivity contribution is 7.91. The molecule has 0 aliphatic carbocycles. The zero-order valence-electron chi connectivity index (χ0n) is 20.8. The van der Waals surface area contributed by atoms with E-state index in [1.807, 2.05) is 44.2 Å². The lowest BCUT2D eigenvalue weighted by molar-refractivity contribution is -0.162. The van der Waals surface area contributed by atoms with Gasteiger partial charge >= 0.3 is 5.97 Å². The van der Waals surface area contributed by atoms with Crippen molar-refractivity contribution in [2.45, 2.75) is 64.5 Å². The Morgan fingerprint density at radius 3 is 2.33 bits per heavy atom. The molecule has 2 aromatic carbocycles. The van der Waals surface area contributed by atoms with Crippen molar-refractivity contribution in [1.82, 2.24) is 4.90 Å². The zero-order chi connectivity index (χ0) is 26.7. The Morgan fingerprint density at radius 1 is 1.11 bits per heavy atom. The van der Waals surface area contributed by atoms with Crippen LogP contribution in [0.1, 0.15) is 69.5 Å². The fourth-order valence-electron chi connectivity index (χ4n) is 5.27. The zero-order valence-corrected chi connectivity index (χ0v) is 23.1. The minimum Gasteiger partial charge on any atom is -0.481 e. The number of hydrogen-bond acceptors (Lipinski definition) is 4. The van der Waals surface area contributed by atoms with Crippen LogP contribution in [0, 0.1) is 5.41 Å². The molecular weight excluding hydrogens is 521 g/mol. The van der Waals surface area contributed by atoms with E-state index in [9.17, 15) is 23.1 Å². The van der Waals surface area contributed by atoms with Gasteiger partial charge in [-0.2, -0.15) is 0 Å². The number of nitrogens with zero attached hydrogens (tertiary/aromatic N) is 1. The van der Waals surface area contributed by atoms with Crippen molar-refractivity contribution in [3.63, 3.8) is 0 Å². The Bertz CT molecular complexity index is 1200. The number of carboxylic acid groups (broad SMARTS) is 1. The lowest BCUT2D eigenvalue weighted by Gasteiger charge is -2.52. The maximum absolute atomic E-state index is 14.2. The van der Waals surface area contributed by atoms with Crippen LogP contribution in [0.5, 0.6) is 0 Å². The van der Waals surface area contributed by atoms with Gasteiger partial charge < -0.3 is 10.0 Å². The van der Waals surface area contributed by atoms with Gasteiger partial charge in [0.1, 0.15) is 9.84 Å². The summed E-state index contributed by atoms with van der Waals surface area (Å²) in [6.07, 6.45) is 0.627. The van der Waals surface area contributed by atoms with Crippen molar-refractivity contribution in [3.05, 3.63) is 69.7 Å². The third-order valence-corrected chi connectivity index (χ3v) is 9.62. The highest BCUT2D eigenvalue weighted by atomic mass is 35.5. The molecule has 4 atom stereocenters. The monoisotopic (exact) mass is 553 g/mol. The molecule has 1 saturated heterocycles. The second-order valence-corrected chi connectivity index (χ2v) is 13.0. The summed E-state index contributed by atoms with van der Waals surface area (Å²) in [4.78, 5) is 27.9.